The molecule has 1 saturated heterocycles. The molecule has 2 heterocycles. The third-order valence-electron chi connectivity index (χ3n) is 4.51. The van der Waals surface area contributed by atoms with Crippen LogP contribution in [0.2, 0.25) is 10.0 Å². The van der Waals surface area contributed by atoms with E-state index in [2.05, 4.69) is 9.88 Å². The van der Waals surface area contributed by atoms with Crippen molar-refractivity contribution in [1.29, 1.82) is 0 Å². The summed E-state index contributed by atoms with van der Waals surface area (Å²) in [6.45, 7) is 1.50. The summed E-state index contributed by atoms with van der Waals surface area (Å²) in [6, 6.07) is 10.4. The van der Waals surface area contributed by atoms with Crippen LogP contribution in [0.4, 0.5) is 5.82 Å². The minimum Gasteiger partial charge on any atom is -0.357 e. The van der Waals surface area contributed by atoms with Crippen LogP contribution in [0.1, 0.15) is 12.8 Å². The molecule has 1 fully saturated rings. The number of aromatic nitrogens is 1. The number of nitrogens with zero attached hydrogens (tertiary/aromatic N) is 3. The van der Waals surface area contributed by atoms with E-state index in [-0.39, 0.29) is 21.0 Å². The lowest BCUT2D eigenvalue weighted by atomic mass is 10.1. The first-order valence-corrected chi connectivity index (χ1v) is 10.2. The van der Waals surface area contributed by atoms with Crippen molar-refractivity contribution in [3.05, 3.63) is 52.6 Å². The number of anilines is 1. The van der Waals surface area contributed by atoms with Crippen LogP contribution in [-0.2, 0) is 10.0 Å². The van der Waals surface area contributed by atoms with Gasteiger partial charge in [0.2, 0.25) is 10.0 Å². The fraction of sp³-hybridized carbons (Fsp3) is 0.353. The lowest BCUT2D eigenvalue weighted by Gasteiger charge is -2.36. The van der Waals surface area contributed by atoms with Crippen molar-refractivity contribution in [3.63, 3.8) is 0 Å². The second kappa shape index (κ2) is 7.50. The van der Waals surface area contributed by atoms with Crippen LogP contribution in [0.25, 0.3) is 0 Å². The third-order valence-corrected chi connectivity index (χ3v) is 7.37. The highest BCUT2D eigenvalue weighted by atomic mass is 35.5. The molecule has 8 heteroatoms. The van der Waals surface area contributed by atoms with Gasteiger partial charge in [-0.05, 0) is 37.1 Å². The summed E-state index contributed by atoms with van der Waals surface area (Å²) >= 11 is 12.2. The molecule has 1 aliphatic rings. The summed E-state index contributed by atoms with van der Waals surface area (Å²) in [5.74, 6) is 0.917. The molecule has 5 nitrogen and oxygen atoms in total. The maximum atomic E-state index is 13.0. The van der Waals surface area contributed by atoms with E-state index in [9.17, 15) is 8.42 Å². The Morgan fingerprint density at radius 3 is 2.28 bits per heavy atom. The number of rotatable bonds is 4. The Morgan fingerprint density at radius 1 is 1.08 bits per heavy atom. The summed E-state index contributed by atoms with van der Waals surface area (Å²) in [6.07, 6.45) is 3.19. The van der Waals surface area contributed by atoms with Gasteiger partial charge in [-0.3, -0.25) is 0 Å². The average molecular weight is 400 g/mol. The van der Waals surface area contributed by atoms with Crippen LogP contribution in [-0.4, -0.2) is 43.9 Å². The molecule has 0 atom stereocenters. The molecule has 0 unspecified atom stereocenters. The molecule has 2 aromatic rings. The van der Waals surface area contributed by atoms with Gasteiger partial charge in [-0.1, -0.05) is 35.3 Å². The van der Waals surface area contributed by atoms with Crippen molar-refractivity contribution in [2.45, 2.75) is 23.8 Å². The van der Waals surface area contributed by atoms with Crippen LogP contribution in [0.5, 0.6) is 0 Å². The molecule has 0 N–H and O–H groups in total. The molecular formula is C17H19Cl2N3O2S. The Kier molecular flexibility index (Phi) is 5.53. The van der Waals surface area contributed by atoms with Crippen LogP contribution in [0.15, 0.2) is 47.5 Å². The topological polar surface area (TPSA) is 53.5 Å². The van der Waals surface area contributed by atoms with Gasteiger partial charge >= 0.3 is 0 Å². The molecule has 3 rings (SSSR count). The van der Waals surface area contributed by atoms with Gasteiger partial charge in [-0.15, -0.1) is 0 Å². The third kappa shape index (κ3) is 3.77. The van der Waals surface area contributed by atoms with Gasteiger partial charge in [0, 0.05) is 32.4 Å². The fourth-order valence-corrected chi connectivity index (χ4v) is 5.57. The quantitative estimate of drug-likeness (QED) is 0.786. The van der Waals surface area contributed by atoms with Crippen molar-refractivity contribution < 1.29 is 8.42 Å². The Labute approximate surface area is 158 Å². The number of piperidine rings is 1. The molecule has 0 amide bonds. The second-order valence-corrected chi connectivity index (χ2v) is 8.73. The van der Waals surface area contributed by atoms with Gasteiger partial charge in [0.05, 0.1) is 10.0 Å². The zero-order valence-electron chi connectivity index (χ0n) is 13.8. The number of sulfonamides is 1. The highest BCUT2D eigenvalue weighted by Crippen LogP contribution is 2.33. The first kappa shape index (κ1) is 18.5. The van der Waals surface area contributed by atoms with Gasteiger partial charge in [-0.25, -0.2) is 13.4 Å². The summed E-state index contributed by atoms with van der Waals surface area (Å²) in [5.41, 5.74) is 0. The van der Waals surface area contributed by atoms with Crippen LogP contribution in [0, 0.1) is 0 Å². The molecule has 0 radical (unpaired) electrons. The van der Waals surface area contributed by atoms with E-state index in [1.807, 2.05) is 18.2 Å². The first-order chi connectivity index (χ1) is 11.9. The van der Waals surface area contributed by atoms with Crippen molar-refractivity contribution in [2.75, 3.05) is 25.0 Å². The van der Waals surface area contributed by atoms with E-state index >= 15 is 0 Å². The minimum absolute atomic E-state index is 0.0204. The Bertz CT molecular complexity index is 818. The molecule has 134 valence electrons. The van der Waals surface area contributed by atoms with E-state index < -0.39 is 10.0 Å². The summed E-state index contributed by atoms with van der Waals surface area (Å²) < 4.78 is 27.3. The van der Waals surface area contributed by atoms with Crippen molar-refractivity contribution in [2.24, 2.45) is 0 Å². The molecule has 1 aliphatic heterocycles. The highest BCUT2D eigenvalue weighted by molar-refractivity contribution is 7.89. The number of halogens is 2. The zero-order valence-corrected chi connectivity index (χ0v) is 16.1. The van der Waals surface area contributed by atoms with Crippen molar-refractivity contribution in [1.82, 2.24) is 9.29 Å². The Hall–Kier alpha value is -1.34. The normalized spacial score (nSPS) is 16.4. The predicted octanol–water partition coefficient (Wildman–Crippen LogP) is 3.68. The SMILES string of the molecule is CN(C1CCN(c2ccccn2)CC1)S(=O)(=O)c1c(Cl)cccc1Cl. The summed E-state index contributed by atoms with van der Waals surface area (Å²) in [7, 11) is -2.15. The van der Waals surface area contributed by atoms with E-state index in [0.717, 1.165) is 18.9 Å². The maximum Gasteiger partial charge on any atom is 0.246 e. The lowest BCUT2D eigenvalue weighted by Crippen LogP contribution is -2.45. The number of pyridine rings is 1. The zero-order chi connectivity index (χ0) is 18.0. The minimum atomic E-state index is -3.75. The van der Waals surface area contributed by atoms with Crippen LogP contribution in [0.3, 0.4) is 0 Å². The smallest absolute Gasteiger partial charge is 0.246 e. The summed E-state index contributed by atoms with van der Waals surface area (Å²) in [4.78, 5) is 6.50. The Balaban J connectivity index is 1.75. The van der Waals surface area contributed by atoms with E-state index in [1.165, 1.54) is 16.4 Å². The average Bonchev–Trinajstić information content (AvgIpc) is 2.61. The number of hydrogen-bond acceptors (Lipinski definition) is 4. The van der Waals surface area contributed by atoms with Crippen molar-refractivity contribution >= 4 is 39.0 Å². The molecule has 0 aliphatic carbocycles. The standard InChI is InChI=1S/C17H19Cl2N3O2S/c1-21(25(23,24)17-14(18)5-4-6-15(17)19)13-8-11-22(12-9-13)16-7-2-3-10-20-16/h2-7,10,13H,8-9,11-12H2,1H3. The van der Waals surface area contributed by atoms with Gasteiger partial charge in [0.15, 0.2) is 0 Å². The molecule has 1 aromatic heterocycles. The first-order valence-electron chi connectivity index (χ1n) is 7.99. The van der Waals surface area contributed by atoms with E-state index in [1.54, 1.807) is 19.3 Å². The van der Waals surface area contributed by atoms with Gasteiger partial charge in [-0.2, -0.15) is 4.31 Å². The van der Waals surface area contributed by atoms with Crippen LogP contribution < -0.4 is 4.90 Å². The van der Waals surface area contributed by atoms with E-state index in [0.29, 0.717) is 12.8 Å². The lowest BCUT2D eigenvalue weighted by molar-refractivity contribution is 0.311. The van der Waals surface area contributed by atoms with Gasteiger partial charge in [0.1, 0.15) is 10.7 Å². The maximum absolute atomic E-state index is 13.0. The number of hydrogen-bond donors (Lipinski definition) is 0. The highest BCUT2D eigenvalue weighted by Gasteiger charge is 2.33. The monoisotopic (exact) mass is 399 g/mol. The Morgan fingerprint density at radius 2 is 1.72 bits per heavy atom. The number of benzene rings is 1. The van der Waals surface area contributed by atoms with E-state index in [4.69, 9.17) is 23.2 Å². The largest absolute Gasteiger partial charge is 0.357 e. The molecular weight excluding hydrogens is 381 g/mol. The van der Waals surface area contributed by atoms with Crippen molar-refractivity contribution in [3.8, 4) is 0 Å². The molecule has 0 spiro atoms. The van der Waals surface area contributed by atoms with Crippen LogP contribution >= 0.6 is 23.2 Å². The van der Waals surface area contributed by atoms with Gasteiger partial charge < -0.3 is 4.90 Å². The molecule has 25 heavy (non-hydrogen) atoms. The summed E-state index contributed by atoms with van der Waals surface area (Å²) in [5, 5.41) is 0.288. The predicted molar refractivity (Wildman–Crippen MR) is 101 cm³/mol. The molecule has 1 aromatic carbocycles. The molecule has 0 saturated carbocycles. The molecule has 0 bridgehead atoms. The fourth-order valence-electron chi connectivity index (χ4n) is 3.07. The second-order valence-electron chi connectivity index (χ2n) is 5.98. The van der Waals surface area contributed by atoms with Gasteiger partial charge in [0.25, 0.3) is 0 Å².